The third-order valence-corrected chi connectivity index (χ3v) is 5.73. The molecule has 0 spiro atoms. The Hall–Kier alpha value is -2.05. The number of rotatable bonds is 3. The average molecular weight is 337 g/mol. The van der Waals surface area contributed by atoms with Crippen LogP contribution in [0.3, 0.4) is 0 Å². The van der Waals surface area contributed by atoms with E-state index in [0.29, 0.717) is 12.1 Å². The predicted molar refractivity (Wildman–Crippen MR) is 94.3 cm³/mol. The van der Waals surface area contributed by atoms with Crippen LogP contribution in [0.4, 0.5) is 5.95 Å². The molecule has 2 saturated heterocycles. The number of morpholine rings is 1. The largest absolute Gasteiger partial charge is 0.378 e. The van der Waals surface area contributed by atoms with Gasteiger partial charge in [0.25, 0.3) is 0 Å². The Morgan fingerprint density at radius 3 is 2.80 bits per heavy atom. The fraction of sp³-hybridized carbons (Fsp3) is 0.526. The highest BCUT2D eigenvalue weighted by Crippen LogP contribution is 2.43. The number of hydrogen-bond donors (Lipinski definition) is 0. The summed E-state index contributed by atoms with van der Waals surface area (Å²) in [6.07, 6.45) is 9.34. The van der Waals surface area contributed by atoms with E-state index < -0.39 is 0 Å². The molecule has 0 radical (unpaired) electrons. The Kier molecular flexibility index (Phi) is 3.87. The van der Waals surface area contributed by atoms with E-state index in [9.17, 15) is 0 Å². The highest BCUT2D eigenvalue weighted by molar-refractivity contribution is 5.37. The Morgan fingerprint density at radius 2 is 1.96 bits per heavy atom. The number of pyridine rings is 1. The first-order chi connectivity index (χ1) is 12.4. The molecule has 3 aliphatic rings. The van der Waals surface area contributed by atoms with Gasteiger partial charge in [-0.05, 0) is 30.5 Å². The molecule has 0 aliphatic carbocycles. The van der Waals surface area contributed by atoms with E-state index in [-0.39, 0.29) is 0 Å². The molecule has 2 aromatic rings. The van der Waals surface area contributed by atoms with Crippen LogP contribution >= 0.6 is 0 Å². The molecule has 3 aliphatic heterocycles. The van der Waals surface area contributed by atoms with Crippen molar-refractivity contribution >= 4 is 5.95 Å². The molecule has 0 unspecified atom stereocenters. The maximum absolute atomic E-state index is 5.44. The molecule has 6 heteroatoms. The smallest absolute Gasteiger partial charge is 0.225 e. The predicted octanol–water partition coefficient (Wildman–Crippen LogP) is 1.97. The van der Waals surface area contributed by atoms with Crippen LogP contribution < -0.4 is 4.90 Å². The topological polar surface area (TPSA) is 54.4 Å². The molecule has 0 aromatic carbocycles. The van der Waals surface area contributed by atoms with E-state index in [2.05, 4.69) is 33.1 Å². The van der Waals surface area contributed by atoms with Gasteiger partial charge in [-0.25, -0.2) is 9.97 Å². The molecule has 0 N–H and O–H groups in total. The molecule has 130 valence electrons. The first kappa shape index (κ1) is 15.2. The number of fused-ring (bicyclic) bond motifs is 4. The van der Waals surface area contributed by atoms with Gasteiger partial charge in [0.15, 0.2) is 0 Å². The lowest BCUT2D eigenvalue weighted by molar-refractivity contribution is 0.122. The van der Waals surface area contributed by atoms with Gasteiger partial charge in [0.05, 0.1) is 18.9 Å². The van der Waals surface area contributed by atoms with Crippen molar-refractivity contribution < 1.29 is 4.74 Å². The average Bonchev–Trinajstić information content (AvgIpc) is 2.95. The molecule has 6 nitrogen and oxygen atoms in total. The number of anilines is 1. The van der Waals surface area contributed by atoms with Crippen LogP contribution in [0.15, 0.2) is 30.7 Å². The van der Waals surface area contributed by atoms with Crippen molar-refractivity contribution in [3.8, 4) is 0 Å². The Balaban J connectivity index is 1.40. The Morgan fingerprint density at radius 1 is 1.12 bits per heavy atom. The maximum Gasteiger partial charge on any atom is 0.225 e. The molecule has 2 atom stereocenters. The molecule has 2 aromatic heterocycles. The first-order valence-electron chi connectivity index (χ1n) is 9.21. The van der Waals surface area contributed by atoms with E-state index in [0.717, 1.165) is 45.2 Å². The van der Waals surface area contributed by atoms with Gasteiger partial charge in [-0.2, -0.15) is 0 Å². The quantitative estimate of drug-likeness (QED) is 0.853. The lowest BCUT2D eigenvalue weighted by Gasteiger charge is -2.36. The SMILES string of the molecule is c1cc(CN2[C@H]3CC[C@@H]2c2cnc(N4CCOCC4)nc2C3)ccn1. The van der Waals surface area contributed by atoms with Crippen molar-refractivity contribution in [3.63, 3.8) is 0 Å². The third kappa shape index (κ3) is 2.79. The molecular formula is C19H23N5O. The van der Waals surface area contributed by atoms with Crippen molar-refractivity contribution in [1.82, 2.24) is 19.9 Å². The Labute approximate surface area is 147 Å². The van der Waals surface area contributed by atoms with Crippen molar-refractivity contribution in [3.05, 3.63) is 47.5 Å². The van der Waals surface area contributed by atoms with Gasteiger partial charge >= 0.3 is 0 Å². The van der Waals surface area contributed by atoms with Gasteiger partial charge in [-0.3, -0.25) is 9.88 Å². The zero-order valence-corrected chi connectivity index (χ0v) is 14.3. The van der Waals surface area contributed by atoms with Crippen LogP contribution in [-0.4, -0.2) is 52.2 Å². The molecule has 2 fully saturated rings. The minimum atomic E-state index is 0.459. The van der Waals surface area contributed by atoms with Crippen molar-refractivity contribution in [2.45, 2.75) is 37.9 Å². The summed E-state index contributed by atoms with van der Waals surface area (Å²) >= 11 is 0. The maximum atomic E-state index is 5.44. The fourth-order valence-corrected chi connectivity index (χ4v) is 4.42. The van der Waals surface area contributed by atoms with E-state index in [4.69, 9.17) is 14.7 Å². The summed E-state index contributed by atoms with van der Waals surface area (Å²) in [6, 6.07) is 5.29. The summed E-state index contributed by atoms with van der Waals surface area (Å²) in [4.78, 5) is 18.6. The van der Waals surface area contributed by atoms with Gasteiger partial charge in [-0.1, -0.05) is 0 Å². The van der Waals surface area contributed by atoms with Crippen LogP contribution in [0.1, 0.15) is 35.7 Å². The summed E-state index contributed by atoms with van der Waals surface area (Å²) in [5.74, 6) is 0.879. The van der Waals surface area contributed by atoms with Crippen LogP contribution in [-0.2, 0) is 17.7 Å². The molecule has 2 bridgehead atoms. The lowest BCUT2D eigenvalue weighted by Crippen LogP contribution is -2.40. The molecule has 25 heavy (non-hydrogen) atoms. The number of hydrogen-bond acceptors (Lipinski definition) is 6. The zero-order chi connectivity index (χ0) is 16.6. The lowest BCUT2D eigenvalue weighted by atomic mass is 9.98. The van der Waals surface area contributed by atoms with Crippen molar-refractivity contribution in [2.75, 3.05) is 31.2 Å². The third-order valence-electron chi connectivity index (χ3n) is 5.73. The summed E-state index contributed by atoms with van der Waals surface area (Å²) < 4.78 is 5.44. The number of aromatic nitrogens is 3. The van der Waals surface area contributed by atoms with E-state index in [1.54, 1.807) is 0 Å². The minimum absolute atomic E-state index is 0.459. The summed E-state index contributed by atoms with van der Waals surface area (Å²) in [6.45, 7) is 4.30. The van der Waals surface area contributed by atoms with Crippen LogP contribution in [0.5, 0.6) is 0 Å². The van der Waals surface area contributed by atoms with Crippen molar-refractivity contribution in [2.24, 2.45) is 0 Å². The first-order valence-corrected chi connectivity index (χ1v) is 9.21. The van der Waals surface area contributed by atoms with Gasteiger partial charge < -0.3 is 9.64 Å². The molecule has 5 rings (SSSR count). The van der Waals surface area contributed by atoms with Gasteiger partial charge in [0, 0.05) is 62.3 Å². The van der Waals surface area contributed by atoms with E-state index in [1.165, 1.54) is 29.7 Å². The van der Waals surface area contributed by atoms with E-state index >= 15 is 0 Å². The van der Waals surface area contributed by atoms with Crippen LogP contribution in [0.2, 0.25) is 0 Å². The molecule has 0 saturated carbocycles. The zero-order valence-electron chi connectivity index (χ0n) is 14.3. The highest BCUT2D eigenvalue weighted by atomic mass is 16.5. The second-order valence-corrected chi connectivity index (χ2v) is 7.15. The normalized spacial score (nSPS) is 25.8. The fourth-order valence-electron chi connectivity index (χ4n) is 4.42. The summed E-state index contributed by atoms with van der Waals surface area (Å²) in [5, 5.41) is 0. The second-order valence-electron chi connectivity index (χ2n) is 7.15. The van der Waals surface area contributed by atoms with Gasteiger partial charge in [0.1, 0.15) is 0 Å². The summed E-state index contributed by atoms with van der Waals surface area (Å²) in [7, 11) is 0. The molecular weight excluding hydrogens is 314 g/mol. The standard InChI is InChI=1S/C19H23N5O/c1-2-18-16-12-21-19(23-7-9-25-10-8-23)22-17(16)11-15(1)24(18)13-14-3-5-20-6-4-14/h3-6,12,15,18H,1-2,7-11,13H2/t15-,18+/m0/s1. The minimum Gasteiger partial charge on any atom is -0.378 e. The Bertz CT molecular complexity index is 747. The molecule has 0 amide bonds. The van der Waals surface area contributed by atoms with E-state index in [1.807, 2.05) is 12.4 Å². The number of ether oxygens (including phenoxy) is 1. The highest BCUT2D eigenvalue weighted by Gasteiger charge is 2.40. The van der Waals surface area contributed by atoms with Gasteiger partial charge in [0.2, 0.25) is 5.95 Å². The number of nitrogens with zero attached hydrogens (tertiary/aromatic N) is 5. The monoisotopic (exact) mass is 337 g/mol. The van der Waals surface area contributed by atoms with Crippen LogP contribution in [0.25, 0.3) is 0 Å². The molecule has 5 heterocycles. The van der Waals surface area contributed by atoms with Crippen molar-refractivity contribution in [1.29, 1.82) is 0 Å². The summed E-state index contributed by atoms with van der Waals surface area (Å²) in [5.41, 5.74) is 3.93. The van der Waals surface area contributed by atoms with Crippen LogP contribution in [0, 0.1) is 0 Å². The van der Waals surface area contributed by atoms with Gasteiger partial charge in [-0.15, -0.1) is 0 Å². The second kappa shape index (κ2) is 6.35.